The van der Waals surface area contributed by atoms with E-state index in [9.17, 15) is 12.8 Å². The van der Waals surface area contributed by atoms with Gasteiger partial charge in [0.15, 0.2) is 0 Å². The molecule has 0 amide bonds. The Kier molecular flexibility index (Phi) is 4.04. The van der Waals surface area contributed by atoms with E-state index in [1.165, 1.54) is 34.6 Å². The smallest absolute Gasteiger partial charge is 0.236 e. The quantitative estimate of drug-likeness (QED) is 0.845. The Hall–Kier alpha value is -2.05. The van der Waals surface area contributed by atoms with Crippen molar-refractivity contribution >= 4 is 16.1 Å². The van der Waals surface area contributed by atoms with Crippen molar-refractivity contribution in [1.29, 1.82) is 0 Å². The van der Waals surface area contributed by atoms with Gasteiger partial charge in [0.1, 0.15) is 5.82 Å². The maximum Gasteiger partial charge on any atom is 0.236 e. The minimum Gasteiger partial charge on any atom is -0.264 e. The second-order valence-corrected chi connectivity index (χ2v) is 7.49. The maximum atomic E-state index is 12.9. The topological polar surface area (TPSA) is 50.3 Å². The Morgan fingerprint density at radius 2 is 1.91 bits per heavy atom. The second kappa shape index (κ2) is 5.86. The highest BCUT2D eigenvalue weighted by atomic mass is 32.2. The highest BCUT2D eigenvalue weighted by molar-refractivity contribution is 7.92. The molecule has 1 aromatic carbocycles. The number of rotatable bonds is 5. The lowest BCUT2D eigenvalue weighted by Crippen LogP contribution is -2.35. The van der Waals surface area contributed by atoms with Crippen molar-refractivity contribution in [3.8, 4) is 0 Å². The number of hydrogen-bond acceptors (Lipinski definition) is 3. The van der Waals surface area contributed by atoms with E-state index in [0.717, 1.165) is 23.8 Å². The van der Waals surface area contributed by atoms with E-state index in [4.69, 9.17) is 0 Å². The van der Waals surface area contributed by atoms with Crippen molar-refractivity contribution < 1.29 is 12.8 Å². The van der Waals surface area contributed by atoms with Gasteiger partial charge in [-0.1, -0.05) is 18.2 Å². The molecule has 1 aromatic heterocycles. The highest BCUT2D eigenvalue weighted by Crippen LogP contribution is 2.51. The fourth-order valence-corrected chi connectivity index (χ4v) is 3.90. The zero-order valence-corrected chi connectivity index (χ0v) is 13.5. The van der Waals surface area contributed by atoms with Crippen LogP contribution in [0.4, 0.5) is 4.39 Å². The summed E-state index contributed by atoms with van der Waals surface area (Å²) in [5, 5.41) is 1.16. The molecule has 1 aliphatic rings. The van der Waals surface area contributed by atoms with Crippen LogP contribution in [0.3, 0.4) is 0 Å². The SMILES string of the molecule is CN(C1(c2cccnc2)CC1)S(=O)(=O)/C=C/c1ccc(F)cc1. The summed E-state index contributed by atoms with van der Waals surface area (Å²) in [6.45, 7) is 0. The van der Waals surface area contributed by atoms with Crippen LogP contribution < -0.4 is 0 Å². The Balaban J connectivity index is 1.84. The van der Waals surface area contributed by atoms with Gasteiger partial charge in [-0.25, -0.2) is 12.8 Å². The number of nitrogens with zero attached hydrogens (tertiary/aromatic N) is 2. The second-order valence-electron chi connectivity index (χ2n) is 5.64. The Bertz CT molecular complexity index is 813. The van der Waals surface area contributed by atoms with E-state index in [1.807, 2.05) is 12.1 Å². The van der Waals surface area contributed by atoms with Gasteiger partial charge in [0, 0.05) is 24.8 Å². The number of hydrogen-bond donors (Lipinski definition) is 0. The summed E-state index contributed by atoms with van der Waals surface area (Å²) in [5.41, 5.74) is 1.04. The molecule has 0 aliphatic heterocycles. The lowest BCUT2D eigenvalue weighted by molar-refractivity contribution is 0.359. The third-order valence-electron chi connectivity index (χ3n) is 4.21. The van der Waals surface area contributed by atoms with Crippen molar-refractivity contribution in [2.75, 3.05) is 7.05 Å². The van der Waals surface area contributed by atoms with Gasteiger partial charge in [0.05, 0.1) is 5.54 Å². The molecule has 0 atom stereocenters. The monoisotopic (exact) mass is 332 g/mol. The van der Waals surface area contributed by atoms with Gasteiger partial charge in [-0.05, 0) is 48.2 Å². The lowest BCUT2D eigenvalue weighted by Gasteiger charge is -2.26. The number of benzene rings is 1. The number of pyridine rings is 1. The first-order valence-corrected chi connectivity index (χ1v) is 8.78. The largest absolute Gasteiger partial charge is 0.264 e. The van der Waals surface area contributed by atoms with Crippen LogP contribution in [0.1, 0.15) is 24.0 Å². The summed E-state index contributed by atoms with van der Waals surface area (Å²) in [6, 6.07) is 9.38. The molecule has 0 spiro atoms. The summed E-state index contributed by atoms with van der Waals surface area (Å²) < 4.78 is 39.4. The molecule has 1 aliphatic carbocycles. The molecule has 4 nitrogen and oxygen atoms in total. The third kappa shape index (κ3) is 3.18. The zero-order valence-electron chi connectivity index (χ0n) is 12.7. The molecule has 1 heterocycles. The van der Waals surface area contributed by atoms with Crippen molar-refractivity contribution in [2.24, 2.45) is 0 Å². The highest BCUT2D eigenvalue weighted by Gasteiger charge is 2.51. The first kappa shape index (κ1) is 15.8. The molecule has 3 rings (SSSR count). The third-order valence-corrected chi connectivity index (χ3v) is 5.80. The van der Waals surface area contributed by atoms with Gasteiger partial charge in [0.25, 0.3) is 0 Å². The van der Waals surface area contributed by atoms with Crippen LogP contribution in [0.5, 0.6) is 0 Å². The van der Waals surface area contributed by atoms with Crippen LogP contribution in [0, 0.1) is 5.82 Å². The van der Waals surface area contributed by atoms with Crippen molar-refractivity contribution in [2.45, 2.75) is 18.4 Å². The average molecular weight is 332 g/mol. The predicted molar refractivity (Wildman–Crippen MR) is 87.3 cm³/mol. The van der Waals surface area contributed by atoms with E-state index in [-0.39, 0.29) is 5.82 Å². The van der Waals surface area contributed by atoms with Gasteiger partial charge in [0.2, 0.25) is 10.0 Å². The molecule has 0 N–H and O–H groups in total. The fraction of sp³-hybridized carbons (Fsp3) is 0.235. The molecule has 23 heavy (non-hydrogen) atoms. The van der Waals surface area contributed by atoms with Crippen LogP contribution in [-0.2, 0) is 15.6 Å². The molecule has 1 fully saturated rings. The summed E-state index contributed by atoms with van der Waals surface area (Å²) in [5.74, 6) is -0.351. The minimum atomic E-state index is -3.58. The summed E-state index contributed by atoms with van der Waals surface area (Å²) >= 11 is 0. The predicted octanol–water partition coefficient (Wildman–Crippen LogP) is 3.14. The summed E-state index contributed by atoms with van der Waals surface area (Å²) in [6.07, 6.45) is 6.41. The summed E-state index contributed by atoms with van der Waals surface area (Å²) in [4.78, 5) is 4.08. The van der Waals surface area contributed by atoms with Gasteiger partial charge in [-0.2, -0.15) is 4.31 Å². The van der Waals surface area contributed by atoms with Crippen molar-refractivity contribution in [3.05, 3.63) is 71.1 Å². The van der Waals surface area contributed by atoms with Crippen LogP contribution >= 0.6 is 0 Å². The van der Waals surface area contributed by atoms with E-state index >= 15 is 0 Å². The van der Waals surface area contributed by atoms with E-state index in [2.05, 4.69) is 4.98 Å². The molecular weight excluding hydrogens is 315 g/mol. The molecule has 0 saturated heterocycles. The van der Waals surface area contributed by atoms with E-state index in [1.54, 1.807) is 19.4 Å². The Labute approximate surface area is 135 Å². The van der Waals surface area contributed by atoms with Gasteiger partial charge < -0.3 is 0 Å². The molecule has 0 unspecified atom stereocenters. The van der Waals surface area contributed by atoms with Crippen LogP contribution in [0.2, 0.25) is 0 Å². The average Bonchev–Trinajstić information content (AvgIpc) is 3.36. The summed E-state index contributed by atoms with van der Waals surface area (Å²) in [7, 11) is -1.99. The van der Waals surface area contributed by atoms with E-state index < -0.39 is 15.6 Å². The molecule has 6 heteroatoms. The van der Waals surface area contributed by atoms with Gasteiger partial charge >= 0.3 is 0 Å². The first-order chi connectivity index (χ1) is 10.9. The molecule has 1 saturated carbocycles. The minimum absolute atomic E-state index is 0.351. The maximum absolute atomic E-state index is 12.9. The van der Waals surface area contributed by atoms with Crippen LogP contribution in [-0.4, -0.2) is 24.8 Å². The zero-order chi connectivity index (χ0) is 16.5. The van der Waals surface area contributed by atoms with Gasteiger partial charge in [-0.3, -0.25) is 4.98 Å². The standard InChI is InChI=1S/C17H17FN2O2S/c1-20(17(9-10-17)15-3-2-11-19-13-15)23(21,22)12-8-14-4-6-16(18)7-5-14/h2-8,11-13H,9-10H2,1H3/b12-8+. The van der Waals surface area contributed by atoms with Crippen molar-refractivity contribution in [3.63, 3.8) is 0 Å². The molecule has 0 radical (unpaired) electrons. The molecule has 0 bridgehead atoms. The van der Waals surface area contributed by atoms with Gasteiger partial charge in [-0.15, -0.1) is 0 Å². The molecule has 120 valence electrons. The van der Waals surface area contributed by atoms with Crippen molar-refractivity contribution in [1.82, 2.24) is 9.29 Å². The van der Waals surface area contributed by atoms with E-state index in [0.29, 0.717) is 5.56 Å². The molecular formula is C17H17FN2O2S. The fourth-order valence-electron chi connectivity index (χ4n) is 2.62. The normalized spacial score (nSPS) is 16.8. The van der Waals surface area contributed by atoms with Crippen LogP contribution in [0.25, 0.3) is 6.08 Å². The Morgan fingerprint density at radius 1 is 1.22 bits per heavy atom. The first-order valence-electron chi connectivity index (χ1n) is 7.27. The van der Waals surface area contributed by atoms with Crippen LogP contribution in [0.15, 0.2) is 54.2 Å². The number of aromatic nitrogens is 1. The number of halogens is 1. The lowest BCUT2D eigenvalue weighted by atomic mass is 10.1. The Morgan fingerprint density at radius 3 is 2.48 bits per heavy atom. The molecule has 2 aromatic rings. The number of sulfonamides is 1.